The lowest BCUT2D eigenvalue weighted by molar-refractivity contribution is -0.148. The summed E-state index contributed by atoms with van der Waals surface area (Å²) in [5.74, 6) is -0.644. The minimum atomic E-state index is -0.389. The second-order valence-electron chi connectivity index (χ2n) is 6.56. The Kier molecular flexibility index (Phi) is 6.71. The van der Waals surface area contributed by atoms with Crippen LogP contribution in [-0.4, -0.2) is 39.1 Å². The monoisotopic (exact) mass is 360 g/mol. The molecule has 2 aromatic heterocycles. The van der Waals surface area contributed by atoms with Crippen LogP contribution in [0.1, 0.15) is 55.8 Å². The van der Waals surface area contributed by atoms with E-state index in [1.54, 1.807) is 4.52 Å². The Morgan fingerprint density at radius 3 is 2.58 bits per heavy atom. The van der Waals surface area contributed by atoms with Gasteiger partial charge in [-0.25, -0.2) is 9.50 Å². The van der Waals surface area contributed by atoms with Gasteiger partial charge in [-0.3, -0.25) is 9.59 Å². The number of amides is 1. The summed E-state index contributed by atoms with van der Waals surface area (Å²) in [5, 5.41) is 7.28. The van der Waals surface area contributed by atoms with Crippen molar-refractivity contribution in [3.05, 3.63) is 28.7 Å². The van der Waals surface area contributed by atoms with E-state index >= 15 is 0 Å². The number of fused-ring (bicyclic) bond motifs is 1. The Hall–Kier alpha value is -2.44. The summed E-state index contributed by atoms with van der Waals surface area (Å²) < 4.78 is 6.89. The van der Waals surface area contributed by atoms with Crippen molar-refractivity contribution < 1.29 is 14.3 Å². The lowest BCUT2D eigenvalue weighted by atomic mass is 10.1. The number of nitrogens with one attached hydrogen (secondary N) is 1. The summed E-state index contributed by atoms with van der Waals surface area (Å²) in [6.45, 7) is 9.61. The highest BCUT2D eigenvalue weighted by atomic mass is 16.5. The topological polar surface area (TPSA) is 85.6 Å². The van der Waals surface area contributed by atoms with E-state index < -0.39 is 0 Å². The maximum atomic E-state index is 12.0. The van der Waals surface area contributed by atoms with Crippen LogP contribution in [0.2, 0.25) is 0 Å². The fourth-order valence-electron chi connectivity index (χ4n) is 3.01. The fourth-order valence-corrected chi connectivity index (χ4v) is 3.01. The van der Waals surface area contributed by atoms with Crippen LogP contribution >= 0.6 is 0 Å². The molecule has 26 heavy (non-hydrogen) atoms. The summed E-state index contributed by atoms with van der Waals surface area (Å²) in [5.41, 5.74) is 4.55. The molecule has 2 rings (SSSR count). The molecule has 0 aliphatic carbocycles. The fraction of sp³-hybridized carbons (Fsp3) is 0.579. The summed E-state index contributed by atoms with van der Waals surface area (Å²) in [4.78, 5) is 28.3. The number of esters is 1. The lowest BCUT2D eigenvalue weighted by Gasteiger charge is -2.14. The van der Waals surface area contributed by atoms with E-state index in [0.29, 0.717) is 6.42 Å². The van der Waals surface area contributed by atoms with Gasteiger partial charge in [-0.1, -0.05) is 13.8 Å². The van der Waals surface area contributed by atoms with Crippen molar-refractivity contribution in [2.75, 3.05) is 6.61 Å². The molecule has 2 heterocycles. The van der Waals surface area contributed by atoms with Crippen LogP contribution in [0.15, 0.2) is 6.07 Å². The molecule has 7 heteroatoms. The van der Waals surface area contributed by atoms with Crippen LogP contribution in [0.5, 0.6) is 0 Å². The van der Waals surface area contributed by atoms with E-state index in [0.717, 1.165) is 41.1 Å². The smallest absolute Gasteiger partial charge is 0.306 e. The molecule has 0 aliphatic heterocycles. The predicted molar refractivity (Wildman–Crippen MR) is 99.0 cm³/mol. The van der Waals surface area contributed by atoms with Gasteiger partial charge in [0.05, 0.1) is 5.69 Å². The van der Waals surface area contributed by atoms with Crippen LogP contribution in [0.4, 0.5) is 0 Å². The van der Waals surface area contributed by atoms with Gasteiger partial charge in [0.1, 0.15) is 0 Å². The predicted octanol–water partition coefficient (Wildman–Crippen LogP) is 2.44. The molecular formula is C19H28N4O3. The van der Waals surface area contributed by atoms with Crippen molar-refractivity contribution in [2.45, 2.75) is 66.3 Å². The van der Waals surface area contributed by atoms with Gasteiger partial charge in [-0.2, -0.15) is 5.10 Å². The van der Waals surface area contributed by atoms with Gasteiger partial charge in [0.2, 0.25) is 0 Å². The first-order chi connectivity index (χ1) is 12.3. The summed E-state index contributed by atoms with van der Waals surface area (Å²) in [7, 11) is 0. The molecule has 0 aliphatic rings. The average molecular weight is 360 g/mol. The molecule has 0 saturated carbocycles. The van der Waals surface area contributed by atoms with Gasteiger partial charge in [0.25, 0.3) is 5.91 Å². The van der Waals surface area contributed by atoms with Crippen LogP contribution in [0, 0.1) is 20.8 Å². The van der Waals surface area contributed by atoms with Crippen molar-refractivity contribution in [1.29, 1.82) is 0 Å². The molecule has 0 spiro atoms. The Morgan fingerprint density at radius 2 is 1.92 bits per heavy atom. The van der Waals surface area contributed by atoms with E-state index in [9.17, 15) is 9.59 Å². The molecule has 1 N–H and O–H groups in total. The van der Waals surface area contributed by atoms with E-state index in [-0.39, 0.29) is 30.9 Å². The van der Waals surface area contributed by atoms with E-state index in [4.69, 9.17) is 4.74 Å². The lowest BCUT2D eigenvalue weighted by Crippen LogP contribution is -2.36. The van der Waals surface area contributed by atoms with Gasteiger partial charge in [-0.15, -0.1) is 0 Å². The third-order valence-corrected chi connectivity index (χ3v) is 4.58. The Labute approximate surface area is 154 Å². The maximum Gasteiger partial charge on any atom is 0.306 e. The van der Waals surface area contributed by atoms with Crippen molar-refractivity contribution in [1.82, 2.24) is 19.9 Å². The first-order valence-corrected chi connectivity index (χ1v) is 9.13. The molecule has 0 bridgehead atoms. The van der Waals surface area contributed by atoms with Gasteiger partial charge in [-0.05, 0) is 45.6 Å². The van der Waals surface area contributed by atoms with Gasteiger partial charge in [0.15, 0.2) is 12.3 Å². The number of carbonyl (C=O) groups excluding carboxylic acids is 2. The Morgan fingerprint density at radius 1 is 1.23 bits per heavy atom. The van der Waals surface area contributed by atoms with Crippen LogP contribution in [-0.2, 0) is 20.7 Å². The number of nitrogens with zero attached hydrogens (tertiary/aromatic N) is 3. The van der Waals surface area contributed by atoms with Crippen LogP contribution in [0.3, 0.4) is 0 Å². The highest BCUT2D eigenvalue weighted by molar-refractivity contribution is 5.80. The average Bonchev–Trinajstić information content (AvgIpc) is 2.98. The second kappa shape index (κ2) is 8.78. The summed E-state index contributed by atoms with van der Waals surface area (Å²) in [6, 6.07) is 2.05. The highest BCUT2D eigenvalue weighted by Gasteiger charge is 2.15. The van der Waals surface area contributed by atoms with Crippen molar-refractivity contribution in [3.63, 3.8) is 0 Å². The van der Waals surface area contributed by atoms with Crippen molar-refractivity contribution in [3.8, 4) is 0 Å². The van der Waals surface area contributed by atoms with Crippen molar-refractivity contribution >= 4 is 17.5 Å². The number of ether oxygens (including phenoxy) is 1. The summed E-state index contributed by atoms with van der Waals surface area (Å²) in [6.07, 6.45) is 2.42. The number of aryl methyl sites for hydroxylation is 3. The van der Waals surface area contributed by atoms with Crippen molar-refractivity contribution in [2.24, 2.45) is 0 Å². The first kappa shape index (κ1) is 19.9. The molecular weight excluding hydrogens is 332 g/mol. The second-order valence-corrected chi connectivity index (χ2v) is 6.56. The molecule has 142 valence electrons. The molecule has 1 amide bonds. The molecule has 0 atom stereocenters. The zero-order valence-corrected chi connectivity index (χ0v) is 16.3. The molecule has 7 nitrogen and oxygen atoms in total. The minimum Gasteiger partial charge on any atom is -0.456 e. The van der Waals surface area contributed by atoms with Crippen LogP contribution in [0.25, 0.3) is 5.65 Å². The number of carbonyl (C=O) groups is 2. The Balaban J connectivity index is 1.91. The summed E-state index contributed by atoms with van der Waals surface area (Å²) >= 11 is 0. The highest BCUT2D eigenvalue weighted by Crippen LogP contribution is 2.17. The van der Waals surface area contributed by atoms with E-state index in [1.807, 2.05) is 40.7 Å². The van der Waals surface area contributed by atoms with Gasteiger partial charge >= 0.3 is 5.97 Å². The first-order valence-electron chi connectivity index (χ1n) is 9.13. The zero-order valence-electron chi connectivity index (χ0n) is 16.3. The molecule has 0 saturated heterocycles. The van der Waals surface area contributed by atoms with E-state index in [1.165, 1.54) is 0 Å². The third kappa shape index (κ3) is 4.80. The normalized spacial score (nSPS) is 11.2. The molecule has 0 unspecified atom stereocenters. The molecule has 0 radical (unpaired) electrons. The number of hydrogen-bond donors (Lipinski definition) is 1. The molecule has 0 fully saturated rings. The SMILES string of the molecule is CCC(CC)NC(=O)COC(=O)CCc1c(C)nc2cc(C)nn2c1C. The van der Waals surface area contributed by atoms with Gasteiger partial charge in [0, 0.05) is 29.9 Å². The molecule has 0 aromatic carbocycles. The number of rotatable bonds is 8. The Bertz CT molecular complexity index is 794. The standard InChI is InChI=1S/C19H28N4O3/c1-6-15(7-2)21-18(24)11-26-19(25)9-8-16-13(4)20-17-10-12(3)22-23(17)14(16)5/h10,15H,6-9,11H2,1-5H3,(H,21,24). The minimum absolute atomic E-state index is 0.127. The largest absolute Gasteiger partial charge is 0.456 e. The third-order valence-electron chi connectivity index (χ3n) is 4.58. The van der Waals surface area contributed by atoms with Gasteiger partial charge < -0.3 is 10.1 Å². The quantitative estimate of drug-likeness (QED) is 0.731. The van der Waals surface area contributed by atoms with Crippen LogP contribution < -0.4 is 5.32 Å². The number of aromatic nitrogens is 3. The maximum absolute atomic E-state index is 12.0. The number of hydrogen-bond acceptors (Lipinski definition) is 5. The zero-order chi connectivity index (χ0) is 19.3. The molecule has 2 aromatic rings. The van der Waals surface area contributed by atoms with E-state index in [2.05, 4.69) is 15.4 Å².